The van der Waals surface area contributed by atoms with Crippen LogP contribution in [0.4, 0.5) is 17.6 Å². The molecule has 26 heavy (non-hydrogen) atoms. The van der Waals surface area contributed by atoms with Gasteiger partial charge in [-0.3, -0.25) is 14.7 Å². The molecule has 1 aliphatic rings. The van der Waals surface area contributed by atoms with Crippen LogP contribution in [0.3, 0.4) is 0 Å². The van der Waals surface area contributed by atoms with Crippen LogP contribution in [0.25, 0.3) is 10.9 Å². The molecule has 1 amide bonds. The van der Waals surface area contributed by atoms with E-state index in [9.17, 15) is 27.2 Å². The maximum atomic E-state index is 13.6. The van der Waals surface area contributed by atoms with E-state index in [4.69, 9.17) is 0 Å². The van der Waals surface area contributed by atoms with E-state index in [1.54, 1.807) is 0 Å². The topological polar surface area (TPSA) is 74.8 Å². The molecule has 140 valence electrons. The Labute approximate surface area is 145 Å². The Morgan fingerprint density at radius 3 is 2.58 bits per heavy atom. The quantitative estimate of drug-likeness (QED) is 0.813. The van der Waals surface area contributed by atoms with Gasteiger partial charge in [-0.15, -0.1) is 0 Å². The van der Waals surface area contributed by atoms with E-state index < -0.39 is 41.0 Å². The number of carbonyl (C=O) groups is 1. The lowest BCUT2D eigenvalue weighted by Gasteiger charge is -2.32. The summed E-state index contributed by atoms with van der Waals surface area (Å²) in [6, 6.07) is 1.61. The number of rotatable bonds is 3. The summed E-state index contributed by atoms with van der Waals surface area (Å²) in [4.78, 5) is 24.6. The molecule has 1 saturated carbocycles. The molecule has 0 aliphatic heterocycles. The third-order valence-electron chi connectivity index (χ3n) is 4.73. The molecule has 2 aromatic rings. The highest BCUT2D eigenvalue weighted by atomic mass is 19.4. The van der Waals surface area contributed by atoms with Gasteiger partial charge in [0.15, 0.2) is 5.69 Å². The van der Waals surface area contributed by atoms with Gasteiger partial charge >= 0.3 is 6.18 Å². The summed E-state index contributed by atoms with van der Waals surface area (Å²) >= 11 is 0. The van der Waals surface area contributed by atoms with Gasteiger partial charge in [-0.05, 0) is 30.9 Å². The van der Waals surface area contributed by atoms with Crippen molar-refractivity contribution in [2.75, 3.05) is 0 Å². The lowest BCUT2D eigenvalue weighted by atomic mass is 9.83. The lowest BCUT2D eigenvalue weighted by Crippen LogP contribution is -2.51. The molecule has 0 saturated heterocycles. The molecule has 1 aromatic heterocycles. The van der Waals surface area contributed by atoms with Crippen LogP contribution < -0.4 is 10.7 Å². The lowest BCUT2D eigenvalue weighted by molar-refractivity contribution is -0.167. The normalized spacial score (nSPS) is 17.2. The van der Waals surface area contributed by atoms with Crippen LogP contribution in [0.2, 0.25) is 0 Å². The van der Waals surface area contributed by atoms with Gasteiger partial charge in [0, 0.05) is 0 Å². The minimum absolute atomic E-state index is 0.147. The third-order valence-corrected chi connectivity index (χ3v) is 4.73. The SMILES string of the molecule is O=C(NC(C1CCCCC1)C(F)(F)F)c1n[nH]c2c(F)cccc2c1=O. The number of para-hydroxylation sites is 1. The predicted molar refractivity (Wildman–Crippen MR) is 86.2 cm³/mol. The largest absolute Gasteiger partial charge is 0.408 e. The number of hydrogen-bond donors (Lipinski definition) is 2. The second-order valence-electron chi connectivity index (χ2n) is 6.45. The first-order valence-corrected chi connectivity index (χ1v) is 8.33. The van der Waals surface area contributed by atoms with Gasteiger partial charge in [0.05, 0.1) is 5.39 Å². The van der Waals surface area contributed by atoms with Gasteiger partial charge in [-0.1, -0.05) is 25.3 Å². The summed E-state index contributed by atoms with van der Waals surface area (Å²) in [5, 5.41) is 7.50. The van der Waals surface area contributed by atoms with Crippen molar-refractivity contribution >= 4 is 16.8 Å². The van der Waals surface area contributed by atoms with Crippen LogP contribution in [0, 0.1) is 11.7 Å². The van der Waals surface area contributed by atoms with E-state index >= 15 is 0 Å². The monoisotopic (exact) mass is 371 g/mol. The number of fused-ring (bicyclic) bond motifs is 1. The minimum Gasteiger partial charge on any atom is -0.339 e. The van der Waals surface area contributed by atoms with Crippen LogP contribution in [-0.4, -0.2) is 28.3 Å². The number of aromatic amines is 1. The van der Waals surface area contributed by atoms with Gasteiger partial charge in [-0.2, -0.15) is 18.3 Å². The molecule has 1 aromatic carbocycles. The molecular formula is C17H17F4N3O2. The zero-order valence-electron chi connectivity index (χ0n) is 13.7. The number of benzene rings is 1. The number of hydrogen-bond acceptors (Lipinski definition) is 3. The van der Waals surface area contributed by atoms with Gasteiger partial charge in [-0.25, -0.2) is 4.39 Å². The molecule has 1 atom stereocenters. The summed E-state index contributed by atoms with van der Waals surface area (Å²) in [6.45, 7) is 0. The molecule has 0 spiro atoms. The molecule has 3 rings (SSSR count). The fourth-order valence-electron chi connectivity index (χ4n) is 3.42. The van der Waals surface area contributed by atoms with Crippen LogP contribution in [0.15, 0.2) is 23.0 Å². The number of nitrogens with zero attached hydrogens (tertiary/aromatic N) is 1. The van der Waals surface area contributed by atoms with Crippen molar-refractivity contribution in [1.29, 1.82) is 0 Å². The highest BCUT2D eigenvalue weighted by molar-refractivity contribution is 5.95. The van der Waals surface area contributed by atoms with Crippen LogP contribution in [0.1, 0.15) is 42.6 Å². The maximum Gasteiger partial charge on any atom is 0.408 e. The molecular weight excluding hydrogens is 354 g/mol. The van der Waals surface area contributed by atoms with Crippen molar-refractivity contribution in [2.24, 2.45) is 5.92 Å². The Morgan fingerprint density at radius 1 is 1.23 bits per heavy atom. The van der Waals surface area contributed by atoms with Crippen molar-refractivity contribution in [3.63, 3.8) is 0 Å². The predicted octanol–water partition coefficient (Wildman–Crippen LogP) is 3.30. The van der Waals surface area contributed by atoms with Gasteiger partial charge < -0.3 is 5.32 Å². The Kier molecular flexibility index (Phi) is 4.97. The van der Waals surface area contributed by atoms with Crippen LogP contribution in [-0.2, 0) is 0 Å². The highest BCUT2D eigenvalue weighted by Crippen LogP contribution is 2.34. The zero-order valence-corrected chi connectivity index (χ0v) is 13.7. The average Bonchev–Trinajstić information content (AvgIpc) is 2.60. The summed E-state index contributed by atoms with van der Waals surface area (Å²) in [5.74, 6) is -2.69. The van der Waals surface area contributed by atoms with E-state index in [2.05, 4.69) is 10.2 Å². The molecule has 1 fully saturated rings. The molecule has 1 heterocycles. The van der Waals surface area contributed by atoms with Gasteiger partial charge in [0.25, 0.3) is 5.91 Å². The van der Waals surface area contributed by atoms with Crippen molar-refractivity contribution in [2.45, 2.75) is 44.3 Å². The number of halogens is 4. The van der Waals surface area contributed by atoms with E-state index in [1.807, 2.05) is 5.32 Å². The molecule has 1 aliphatic carbocycles. The van der Waals surface area contributed by atoms with Gasteiger partial charge in [0.1, 0.15) is 17.4 Å². The summed E-state index contributed by atoms with van der Waals surface area (Å²) in [5.41, 5.74) is -1.83. The first-order valence-electron chi connectivity index (χ1n) is 8.33. The van der Waals surface area contributed by atoms with Crippen LogP contribution in [0.5, 0.6) is 0 Å². The highest BCUT2D eigenvalue weighted by Gasteiger charge is 2.46. The standard InChI is InChI=1S/C17H17F4N3O2/c18-11-8-4-7-10-12(11)23-24-13(14(10)25)16(26)22-15(17(19,20)21)9-5-2-1-3-6-9/h4,7-9,15H,1-3,5-6H2,(H,22,26)(H,23,25). The maximum absolute atomic E-state index is 13.6. The fraction of sp³-hybridized carbons (Fsp3) is 0.471. The summed E-state index contributed by atoms with van der Waals surface area (Å²) in [7, 11) is 0. The fourth-order valence-corrected chi connectivity index (χ4v) is 3.42. The molecule has 2 N–H and O–H groups in total. The summed E-state index contributed by atoms with van der Waals surface area (Å²) in [6.07, 6.45) is -1.71. The average molecular weight is 371 g/mol. The van der Waals surface area contributed by atoms with E-state index in [1.165, 1.54) is 12.1 Å². The Bertz CT molecular complexity index is 872. The van der Waals surface area contributed by atoms with Crippen molar-refractivity contribution < 1.29 is 22.4 Å². The Morgan fingerprint density at radius 2 is 1.92 bits per heavy atom. The van der Waals surface area contributed by atoms with Crippen molar-refractivity contribution in [3.05, 3.63) is 39.9 Å². The first-order chi connectivity index (χ1) is 12.3. The Balaban J connectivity index is 1.91. The smallest absolute Gasteiger partial charge is 0.339 e. The Hall–Kier alpha value is -2.45. The number of nitrogens with one attached hydrogen (secondary N) is 2. The third kappa shape index (κ3) is 3.56. The second-order valence-corrected chi connectivity index (χ2v) is 6.45. The number of amides is 1. The minimum atomic E-state index is -4.63. The zero-order chi connectivity index (χ0) is 18.9. The van der Waals surface area contributed by atoms with E-state index in [0.717, 1.165) is 12.5 Å². The van der Waals surface area contributed by atoms with Crippen molar-refractivity contribution in [1.82, 2.24) is 15.5 Å². The van der Waals surface area contributed by atoms with Crippen molar-refractivity contribution in [3.8, 4) is 0 Å². The van der Waals surface area contributed by atoms with E-state index in [0.29, 0.717) is 25.7 Å². The van der Waals surface area contributed by atoms with Crippen LogP contribution >= 0.6 is 0 Å². The molecule has 0 radical (unpaired) electrons. The molecule has 9 heteroatoms. The second kappa shape index (κ2) is 7.05. The van der Waals surface area contributed by atoms with Gasteiger partial charge in [0.2, 0.25) is 5.43 Å². The van der Waals surface area contributed by atoms with E-state index in [-0.39, 0.29) is 10.9 Å². The first kappa shape index (κ1) is 18.3. The number of alkyl halides is 3. The molecule has 0 bridgehead atoms. The summed E-state index contributed by atoms with van der Waals surface area (Å²) < 4.78 is 53.9. The number of aromatic nitrogens is 2. The molecule has 1 unspecified atom stereocenters. The molecule has 5 nitrogen and oxygen atoms in total. The number of H-pyrrole nitrogens is 1. The number of carbonyl (C=O) groups excluding carboxylic acids is 1.